The highest BCUT2D eigenvalue weighted by Gasteiger charge is 2.17. The number of carbonyl (C=O) groups excluding carboxylic acids is 3. The zero-order chi connectivity index (χ0) is 16.7. The van der Waals surface area contributed by atoms with Gasteiger partial charge in [-0.3, -0.25) is 9.59 Å². The van der Waals surface area contributed by atoms with Crippen molar-refractivity contribution in [2.24, 2.45) is 5.73 Å². The Hall–Kier alpha value is -2.41. The minimum atomic E-state index is -0.732. The molecule has 0 aromatic heterocycles. The molecule has 0 bridgehead atoms. The molecule has 120 valence electrons. The fourth-order valence-corrected chi connectivity index (χ4v) is 1.57. The third-order valence-corrected chi connectivity index (χ3v) is 2.82. The van der Waals surface area contributed by atoms with Crippen molar-refractivity contribution in [3.63, 3.8) is 0 Å². The summed E-state index contributed by atoms with van der Waals surface area (Å²) in [6.07, 6.45) is 0. The first-order chi connectivity index (χ1) is 10.3. The number of esters is 1. The van der Waals surface area contributed by atoms with E-state index in [1.54, 1.807) is 45.0 Å². The average molecular weight is 307 g/mol. The third kappa shape index (κ3) is 5.17. The van der Waals surface area contributed by atoms with E-state index in [4.69, 9.17) is 10.5 Å². The highest BCUT2D eigenvalue weighted by molar-refractivity contribution is 5.98. The van der Waals surface area contributed by atoms with E-state index in [1.807, 2.05) is 0 Å². The fraction of sp³-hybridized carbons (Fsp3) is 0.400. The van der Waals surface area contributed by atoms with E-state index in [9.17, 15) is 14.4 Å². The third-order valence-electron chi connectivity index (χ3n) is 2.82. The molecule has 0 saturated carbocycles. The van der Waals surface area contributed by atoms with Crippen molar-refractivity contribution in [1.82, 2.24) is 5.32 Å². The smallest absolute Gasteiger partial charge is 0.328 e. The molecule has 2 amide bonds. The van der Waals surface area contributed by atoms with Crippen LogP contribution in [0.2, 0.25) is 0 Å². The number of amides is 2. The van der Waals surface area contributed by atoms with Gasteiger partial charge in [-0.15, -0.1) is 0 Å². The van der Waals surface area contributed by atoms with Crippen LogP contribution in [0.4, 0.5) is 5.69 Å². The van der Waals surface area contributed by atoms with E-state index in [-0.39, 0.29) is 12.5 Å². The van der Waals surface area contributed by atoms with Gasteiger partial charge in [0.1, 0.15) is 6.04 Å². The van der Waals surface area contributed by atoms with E-state index in [2.05, 4.69) is 10.6 Å². The summed E-state index contributed by atoms with van der Waals surface area (Å²) in [5, 5.41) is 5.15. The maximum Gasteiger partial charge on any atom is 0.328 e. The molecule has 1 aromatic carbocycles. The van der Waals surface area contributed by atoms with Crippen molar-refractivity contribution in [2.75, 3.05) is 11.9 Å². The molecule has 0 spiro atoms. The van der Waals surface area contributed by atoms with Crippen molar-refractivity contribution in [3.8, 4) is 0 Å². The van der Waals surface area contributed by atoms with E-state index in [0.29, 0.717) is 11.3 Å². The van der Waals surface area contributed by atoms with Gasteiger partial charge >= 0.3 is 5.97 Å². The summed E-state index contributed by atoms with van der Waals surface area (Å²) in [6.45, 7) is 5.08. The number of nitrogens with two attached hydrogens (primary N) is 1. The Morgan fingerprint density at radius 2 is 1.77 bits per heavy atom. The van der Waals surface area contributed by atoms with Gasteiger partial charge in [0.05, 0.1) is 12.6 Å². The molecule has 0 aliphatic carbocycles. The van der Waals surface area contributed by atoms with Crippen LogP contribution in [0.1, 0.15) is 31.1 Å². The maximum atomic E-state index is 12.0. The Balaban J connectivity index is 2.64. The predicted molar refractivity (Wildman–Crippen MR) is 82.3 cm³/mol. The van der Waals surface area contributed by atoms with Crippen LogP contribution < -0.4 is 16.4 Å². The van der Waals surface area contributed by atoms with Crippen molar-refractivity contribution in [2.45, 2.75) is 32.9 Å². The largest absolute Gasteiger partial charge is 0.464 e. The number of carbonyl (C=O) groups is 3. The molecule has 0 aliphatic heterocycles. The van der Waals surface area contributed by atoms with Crippen molar-refractivity contribution in [1.29, 1.82) is 0 Å². The molecule has 0 saturated heterocycles. The van der Waals surface area contributed by atoms with Crippen LogP contribution in [-0.2, 0) is 14.3 Å². The second-order valence-corrected chi connectivity index (χ2v) is 4.80. The lowest BCUT2D eigenvalue weighted by Gasteiger charge is -2.13. The summed E-state index contributed by atoms with van der Waals surface area (Å²) < 4.78 is 4.81. The van der Waals surface area contributed by atoms with Crippen LogP contribution in [0, 0.1) is 0 Å². The first-order valence-electron chi connectivity index (χ1n) is 6.99. The van der Waals surface area contributed by atoms with Crippen LogP contribution >= 0.6 is 0 Å². The minimum Gasteiger partial charge on any atom is -0.464 e. The number of anilines is 1. The summed E-state index contributed by atoms with van der Waals surface area (Å²) in [6, 6.07) is 4.92. The molecule has 4 N–H and O–H groups in total. The maximum absolute atomic E-state index is 12.0. The number of rotatable bonds is 6. The molecular formula is C15H21N3O4. The number of hydrogen-bond acceptors (Lipinski definition) is 5. The van der Waals surface area contributed by atoms with E-state index >= 15 is 0 Å². The Bertz CT molecular complexity index is 540. The second kappa shape index (κ2) is 8.14. The molecule has 22 heavy (non-hydrogen) atoms. The van der Waals surface area contributed by atoms with Crippen LogP contribution in [0.3, 0.4) is 0 Å². The van der Waals surface area contributed by atoms with E-state index in [0.717, 1.165) is 0 Å². The SMILES string of the molecule is CCOC(=O)C(C)NC(=O)c1ccc(NC(=O)[C@H](C)N)cc1. The van der Waals surface area contributed by atoms with E-state index < -0.39 is 24.0 Å². The lowest BCUT2D eigenvalue weighted by atomic mass is 10.1. The second-order valence-electron chi connectivity index (χ2n) is 4.80. The van der Waals surface area contributed by atoms with Gasteiger partial charge in [0.15, 0.2) is 0 Å². The van der Waals surface area contributed by atoms with Gasteiger partial charge < -0.3 is 21.1 Å². The molecule has 0 aliphatic rings. The normalized spacial score (nSPS) is 12.9. The highest BCUT2D eigenvalue weighted by Crippen LogP contribution is 2.10. The molecule has 0 heterocycles. The van der Waals surface area contributed by atoms with Crippen LogP contribution in [0.5, 0.6) is 0 Å². The Morgan fingerprint density at radius 3 is 2.27 bits per heavy atom. The van der Waals surface area contributed by atoms with E-state index in [1.165, 1.54) is 0 Å². The summed E-state index contributed by atoms with van der Waals surface area (Å²) in [4.78, 5) is 34.9. The number of benzene rings is 1. The fourth-order valence-electron chi connectivity index (χ4n) is 1.57. The zero-order valence-electron chi connectivity index (χ0n) is 12.9. The highest BCUT2D eigenvalue weighted by atomic mass is 16.5. The Morgan fingerprint density at radius 1 is 1.18 bits per heavy atom. The molecule has 7 heteroatoms. The number of nitrogens with one attached hydrogen (secondary N) is 2. The lowest BCUT2D eigenvalue weighted by molar-refractivity contribution is -0.144. The van der Waals surface area contributed by atoms with Gasteiger partial charge in [-0.2, -0.15) is 0 Å². The zero-order valence-corrected chi connectivity index (χ0v) is 12.9. The molecule has 0 fully saturated rings. The lowest BCUT2D eigenvalue weighted by Crippen LogP contribution is -2.39. The molecule has 2 atom stereocenters. The van der Waals surface area contributed by atoms with Crippen LogP contribution in [0.25, 0.3) is 0 Å². The van der Waals surface area contributed by atoms with Gasteiger partial charge in [-0.25, -0.2) is 4.79 Å². The standard InChI is InChI=1S/C15H21N3O4/c1-4-22-15(21)10(3)17-14(20)11-5-7-12(8-6-11)18-13(19)9(2)16/h5-10H,4,16H2,1-3H3,(H,17,20)(H,18,19)/t9-,10?/m0/s1. The quantitative estimate of drug-likeness (QED) is 0.668. The molecule has 7 nitrogen and oxygen atoms in total. The minimum absolute atomic E-state index is 0.257. The van der Waals surface area contributed by atoms with Crippen molar-refractivity contribution >= 4 is 23.5 Å². The van der Waals surface area contributed by atoms with Gasteiger partial charge in [-0.05, 0) is 45.0 Å². The van der Waals surface area contributed by atoms with Gasteiger partial charge in [-0.1, -0.05) is 0 Å². The summed E-state index contributed by atoms with van der Waals surface area (Å²) in [5.74, 6) is -1.20. The molecule has 1 rings (SSSR count). The van der Waals surface area contributed by atoms with Gasteiger partial charge in [0, 0.05) is 11.3 Å². The molecule has 0 radical (unpaired) electrons. The molecule has 1 unspecified atom stereocenters. The molecular weight excluding hydrogens is 286 g/mol. The topological polar surface area (TPSA) is 111 Å². The predicted octanol–water partition coefficient (Wildman–Crippen LogP) is 0.654. The molecule has 1 aromatic rings. The van der Waals surface area contributed by atoms with Gasteiger partial charge in [0.2, 0.25) is 5.91 Å². The average Bonchev–Trinajstić information content (AvgIpc) is 2.47. The number of hydrogen-bond donors (Lipinski definition) is 3. The van der Waals surface area contributed by atoms with Crippen LogP contribution in [0.15, 0.2) is 24.3 Å². The van der Waals surface area contributed by atoms with Crippen molar-refractivity contribution < 1.29 is 19.1 Å². The Labute approximate surface area is 129 Å². The number of ether oxygens (including phenoxy) is 1. The van der Waals surface area contributed by atoms with Crippen LogP contribution in [-0.4, -0.2) is 36.5 Å². The first-order valence-corrected chi connectivity index (χ1v) is 6.99. The summed E-state index contributed by atoms with van der Waals surface area (Å²) >= 11 is 0. The summed E-state index contributed by atoms with van der Waals surface area (Å²) in [5.41, 5.74) is 6.36. The first kappa shape index (κ1) is 17.6. The Kier molecular flexibility index (Phi) is 6.52. The summed E-state index contributed by atoms with van der Waals surface area (Å²) in [7, 11) is 0. The van der Waals surface area contributed by atoms with Crippen molar-refractivity contribution in [3.05, 3.63) is 29.8 Å². The van der Waals surface area contributed by atoms with Gasteiger partial charge in [0.25, 0.3) is 5.91 Å². The monoisotopic (exact) mass is 307 g/mol.